The Morgan fingerprint density at radius 2 is 1.89 bits per heavy atom. The molecule has 2 amide bonds. The van der Waals surface area contributed by atoms with Gasteiger partial charge >= 0.3 is 0 Å². The Morgan fingerprint density at radius 3 is 2.60 bits per heavy atom. The number of carbonyl (C=O) groups is 2. The van der Waals surface area contributed by atoms with Gasteiger partial charge in [-0.3, -0.25) is 14.2 Å². The highest BCUT2D eigenvalue weighted by Crippen LogP contribution is 2.30. The lowest BCUT2D eigenvalue weighted by Gasteiger charge is -2.36. The fraction of sp³-hybridized carbons (Fsp3) is 0.462. The largest absolute Gasteiger partial charge is 0.461 e. The van der Waals surface area contributed by atoms with E-state index in [2.05, 4.69) is 27.8 Å². The minimum Gasteiger partial charge on any atom is -0.461 e. The molecule has 0 aliphatic heterocycles. The number of hydrogen-bond donors (Lipinski definition) is 2. The SMILES string of the molecule is CCCCNC(=O)C1(NC(=O)CSc2nnc(-c3ccco3)n2Cc2ccccc2)CCCCC1. The number of furan rings is 1. The molecule has 2 heterocycles. The van der Waals surface area contributed by atoms with Gasteiger partial charge in [0.15, 0.2) is 10.9 Å². The van der Waals surface area contributed by atoms with Crippen LogP contribution in [0.4, 0.5) is 0 Å². The Kier molecular flexibility index (Phi) is 8.63. The van der Waals surface area contributed by atoms with Crippen molar-refractivity contribution in [2.75, 3.05) is 12.3 Å². The number of carbonyl (C=O) groups excluding carboxylic acids is 2. The van der Waals surface area contributed by atoms with Gasteiger partial charge in [0, 0.05) is 6.54 Å². The van der Waals surface area contributed by atoms with Crippen molar-refractivity contribution in [2.45, 2.75) is 69.1 Å². The number of rotatable bonds is 11. The van der Waals surface area contributed by atoms with E-state index in [1.165, 1.54) is 11.8 Å². The maximum atomic E-state index is 13.0. The Bertz CT molecular complexity index is 1090. The van der Waals surface area contributed by atoms with E-state index in [1.807, 2.05) is 47.0 Å². The van der Waals surface area contributed by atoms with E-state index in [0.717, 1.165) is 37.7 Å². The van der Waals surface area contributed by atoms with Crippen LogP contribution in [-0.4, -0.2) is 44.4 Å². The first-order valence-corrected chi connectivity index (χ1v) is 13.3. The predicted octanol–water partition coefficient (Wildman–Crippen LogP) is 4.41. The molecule has 0 radical (unpaired) electrons. The van der Waals surface area contributed by atoms with Gasteiger partial charge in [-0.2, -0.15) is 0 Å². The molecule has 8 nitrogen and oxygen atoms in total. The van der Waals surface area contributed by atoms with Gasteiger partial charge in [-0.25, -0.2) is 0 Å². The first-order valence-electron chi connectivity index (χ1n) is 12.3. The van der Waals surface area contributed by atoms with Crippen LogP contribution < -0.4 is 10.6 Å². The molecule has 0 saturated heterocycles. The monoisotopic (exact) mass is 495 g/mol. The number of aromatic nitrogens is 3. The molecule has 0 unspecified atom stereocenters. The van der Waals surface area contributed by atoms with E-state index in [1.54, 1.807) is 6.26 Å². The van der Waals surface area contributed by atoms with Gasteiger partial charge < -0.3 is 15.1 Å². The average Bonchev–Trinajstić information content (AvgIpc) is 3.54. The van der Waals surface area contributed by atoms with Crippen molar-refractivity contribution >= 4 is 23.6 Å². The second kappa shape index (κ2) is 12.1. The molecule has 1 fully saturated rings. The Hall–Kier alpha value is -3.07. The smallest absolute Gasteiger partial charge is 0.245 e. The molecule has 1 aliphatic carbocycles. The van der Waals surface area contributed by atoms with Crippen molar-refractivity contribution in [1.29, 1.82) is 0 Å². The lowest BCUT2D eigenvalue weighted by molar-refractivity contribution is -0.134. The highest BCUT2D eigenvalue weighted by molar-refractivity contribution is 7.99. The Labute approximate surface area is 210 Å². The summed E-state index contributed by atoms with van der Waals surface area (Å²) in [6.45, 7) is 3.28. The molecule has 35 heavy (non-hydrogen) atoms. The molecule has 4 rings (SSSR count). The van der Waals surface area contributed by atoms with Crippen LogP contribution in [0.15, 0.2) is 58.3 Å². The summed E-state index contributed by atoms with van der Waals surface area (Å²) in [5, 5.41) is 15.4. The zero-order chi connectivity index (χ0) is 24.5. The van der Waals surface area contributed by atoms with E-state index >= 15 is 0 Å². The maximum Gasteiger partial charge on any atom is 0.245 e. The van der Waals surface area contributed by atoms with Crippen LogP contribution in [0.1, 0.15) is 57.4 Å². The highest BCUT2D eigenvalue weighted by Gasteiger charge is 2.40. The number of thioether (sulfide) groups is 1. The maximum absolute atomic E-state index is 13.0. The molecule has 2 aromatic heterocycles. The van der Waals surface area contributed by atoms with Crippen LogP contribution in [0.3, 0.4) is 0 Å². The van der Waals surface area contributed by atoms with Crippen LogP contribution in [0.5, 0.6) is 0 Å². The molecule has 3 aromatic rings. The minimum atomic E-state index is -0.819. The quantitative estimate of drug-likeness (QED) is 0.302. The topological polar surface area (TPSA) is 102 Å². The van der Waals surface area contributed by atoms with Crippen LogP contribution in [-0.2, 0) is 16.1 Å². The molecule has 1 aliphatic rings. The van der Waals surface area contributed by atoms with Crippen LogP contribution >= 0.6 is 11.8 Å². The van der Waals surface area contributed by atoms with Crippen LogP contribution in [0.2, 0.25) is 0 Å². The molecular weight excluding hydrogens is 462 g/mol. The lowest BCUT2D eigenvalue weighted by Crippen LogP contribution is -2.60. The fourth-order valence-corrected chi connectivity index (χ4v) is 5.17. The van der Waals surface area contributed by atoms with E-state index < -0.39 is 5.54 Å². The van der Waals surface area contributed by atoms with Gasteiger partial charge in [0.05, 0.1) is 18.6 Å². The molecule has 1 aromatic carbocycles. The van der Waals surface area contributed by atoms with Crippen molar-refractivity contribution in [3.05, 3.63) is 54.3 Å². The number of nitrogens with one attached hydrogen (secondary N) is 2. The molecular formula is C26H33N5O3S. The Balaban J connectivity index is 1.46. The number of hydrogen-bond acceptors (Lipinski definition) is 6. The van der Waals surface area contributed by atoms with Crippen molar-refractivity contribution < 1.29 is 14.0 Å². The molecule has 186 valence electrons. The van der Waals surface area contributed by atoms with Crippen molar-refractivity contribution in [3.63, 3.8) is 0 Å². The summed E-state index contributed by atoms with van der Waals surface area (Å²) in [4.78, 5) is 26.1. The zero-order valence-electron chi connectivity index (χ0n) is 20.2. The molecule has 0 spiro atoms. The minimum absolute atomic E-state index is 0.0589. The van der Waals surface area contributed by atoms with Crippen molar-refractivity contribution in [1.82, 2.24) is 25.4 Å². The number of unbranched alkanes of at least 4 members (excludes halogenated alkanes) is 1. The average molecular weight is 496 g/mol. The van der Waals surface area contributed by atoms with Gasteiger partial charge in [0.1, 0.15) is 5.54 Å². The molecule has 9 heteroatoms. The highest BCUT2D eigenvalue weighted by atomic mass is 32.2. The standard InChI is InChI=1S/C26H33N5O3S/c1-2-3-16-27-24(33)26(14-8-5-9-15-26)28-22(32)19-35-25-30-29-23(21-13-10-17-34-21)31(25)18-20-11-6-4-7-12-20/h4,6-7,10-13,17H,2-3,5,8-9,14-16,18-19H2,1H3,(H,27,33)(H,28,32). The van der Waals surface area contributed by atoms with E-state index in [-0.39, 0.29) is 17.6 Å². The summed E-state index contributed by atoms with van der Waals surface area (Å²) < 4.78 is 7.52. The number of amides is 2. The summed E-state index contributed by atoms with van der Waals surface area (Å²) in [7, 11) is 0. The number of nitrogens with zero attached hydrogens (tertiary/aromatic N) is 3. The van der Waals surface area contributed by atoms with E-state index in [0.29, 0.717) is 42.7 Å². The van der Waals surface area contributed by atoms with Crippen LogP contribution in [0, 0.1) is 0 Å². The summed E-state index contributed by atoms with van der Waals surface area (Å²) in [6, 6.07) is 13.7. The molecule has 2 N–H and O–H groups in total. The summed E-state index contributed by atoms with van der Waals surface area (Å²) in [6.07, 6.45) is 7.86. The van der Waals surface area contributed by atoms with E-state index in [4.69, 9.17) is 4.42 Å². The van der Waals surface area contributed by atoms with Gasteiger partial charge in [-0.15, -0.1) is 10.2 Å². The zero-order valence-corrected chi connectivity index (χ0v) is 21.0. The third kappa shape index (κ3) is 6.33. The first-order chi connectivity index (χ1) is 17.1. The third-order valence-corrected chi connectivity index (χ3v) is 7.28. The summed E-state index contributed by atoms with van der Waals surface area (Å²) >= 11 is 1.32. The molecule has 0 atom stereocenters. The van der Waals surface area contributed by atoms with Gasteiger partial charge in [-0.05, 0) is 37.0 Å². The second-order valence-corrected chi connectivity index (χ2v) is 9.89. The first kappa shape index (κ1) is 25.0. The summed E-state index contributed by atoms with van der Waals surface area (Å²) in [5.74, 6) is 1.15. The predicted molar refractivity (Wildman–Crippen MR) is 136 cm³/mol. The number of benzene rings is 1. The van der Waals surface area contributed by atoms with Crippen molar-refractivity contribution in [3.8, 4) is 11.6 Å². The molecule has 1 saturated carbocycles. The van der Waals surface area contributed by atoms with E-state index in [9.17, 15) is 9.59 Å². The van der Waals surface area contributed by atoms with Gasteiger partial charge in [0.2, 0.25) is 17.6 Å². The summed E-state index contributed by atoms with van der Waals surface area (Å²) in [5.41, 5.74) is 0.275. The van der Waals surface area contributed by atoms with Gasteiger partial charge in [-0.1, -0.05) is 74.7 Å². The third-order valence-electron chi connectivity index (χ3n) is 6.31. The second-order valence-electron chi connectivity index (χ2n) is 8.94. The Morgan fingerprint density at radius 1 is 1.09 bits per heavy atom. The fourth-order valence-electron chi connectivity index (χ4n) is 4.44. The normalized spacial score (nSPS) is 15.0. The van der Waals surface area contributed by atoms with Crippen LogP contribution in [0.25, 0.3) is 11.6 Å². The van der Waals surface area contributed by atoms with Crippen molar-refractivity contribution in [2.24, 2.45) is 0 Å². The lowest BCUT2D eigenvalue weighted by atomic mass is 9.80. The molecule has 0 bridgehead atoms. The van der Waals surface area contributed by atoms with Gasteiger partial charge in [0.25, 0.3) is 0 Å².